The number of rotatable bonds is 4. The highest BCUT2D eigenvalue weighted by Gasteiger charge is 2.53. The molecule has 1 unspecified atom stereocenters. The number of nitrogens with zero attached hydrogens (tertiary/aromatic N) is 1. The van der Waals surface area contributed by atoms with Crippen molar-refractivity contribution in [3.8, 4) is 5.75 Å². The minimum absolute atomic E-state index is 0.0814. The lowest BCUT2D eigenvalue weighted by atomic mass is 9.86. The molecule has 5 heteroatoms. The van der Waals surface area contributed by atoms with Gasteiger partial charge in [0.15, 0.2) is 0 Å². The summed E-state index contributed by atoms with van der Waals surface area (Å²) < 4.78 is 0.126. The maximum absolute atomic E-state index is 13.0. The number of thiocarbonyl (C=S) groups is 1. The Morgan fingerprint density at radius 1 is 1.24 bits per heavy atom. The van der Waals surface area contributed by atoms with Crippen molar-refractivity contribution in [2.75, 3.05) is 0 Å². The fourth-order valence-corrected chi connectivity index (χ4v) is 4.68. The monoisotopic (exact) mass is 323 g/mol. The zero-order valence-electron chi connectivity index (χ0n) is 12.8. The maximum Gasteiger partial charge on any atom is 0.245 e. The van der Waals surface area contributed by atoms with E-state index in [0.29, 0.717) is 10.7 Å². The maximum atomic E-state index is 13.0. The molecule has 0 spiro atoms. The van der Waals surface area contributed by atoms with Crippen molar-refractivity contribution < 1.29 is 9.90 Å². The molecule has 1 aromatic carbocycles. The molecular weight excluding hydrogens is 302 g/mol. The van der Waals surface area contributed by atoms with Gasteiger partial charge < -0.3 is 5.11 Å². The van der Waals surface area contributed by atoms with Gasteiger partial charge in [-0.25, -0.2) is 0 Å². The minimum atomic E-state index is -0.543. The zero-order chi connectivity index (χ0) is 15.8. The summed E-state index contributed by atoms with van der Waals surface area (Å²) in [7, 11) is 0. The van der Waals surface area contributed by atoms with Crippen LogP contribution >= 0.6 is 24.0 Å². The van der Waals surface area contributed by atoms with E-state index in [1.165, 1.54) is 11.8 Å². The number of aromatic hydroxyl groups is 1. The van der Waals surface area contributed by atoms with Crippen LogP contribution in [0.4, 0.5) is 0 Å². The fourth-order valence-electron chi connectivity index (χ4n) is 2.58. The lowest BCUT2D eigenvalue weighted by molar-refractivity contribution is -0.131. The second-order valence-electron chi connectivity index (χ2n) is 6.02. The summed E-state index contributed by atoms with van der Waals surface area (Å²) in [6.45, 7) is 8.11. The van der Waals surface area contributed by atoms with Crippen LogP contribution in [0.1, 0.15) is 33.3 Å². The quantitative estimate of drug-likeness (QED) is 0.860. The molecule has 1 amide bonds. The molecule has 1 aliphatic rings. The van der Waals surface area contributed by atoms with E-state index in [4.69, 9.17) is 12.2 Å². The van der Waals surface area contributed by atoms with E-state index in [0.717, 1.165) is 5.56 Å². The fraction of sp³-hybridized carbons (Fsp3) is 0.500. The molecule has 114 valence electrons. The molecule has 0 saturated carbocycles. The first-order valence-corrected chi connectivity index (χ1v) is 8.35. The Hall–Kier alpha value is -1.07. The smallest absolute Gasteiger partial charge is 0.245 e. The Morgan fingerprint density at radius 2 is 1.81 bits per heavy atom. The largest absolute Gasteiger partial charge is 0.508 e. The molecular formula is C16H21NO2S2. The Labute approximate surface area is 135 Å². The van der Waals surface area contributed by atoms with Crippen LogP contribution in [-0.2, 0) is 11.2 Å². The van der Waals surface area contributed by atoms with Gasteiger partial charge in [0.1, 0.15) is 14.8 Å². The SMILES string of the molecule is CC(C)N1C(=O)C(Cc2ccc(O)cc2)(C(C)C)SC1=S. The Balaban J connectivity index is 2.36. The second-order valence-corrected chi connectivity index (χ2v) is 7.99. The summed E-state index contributed by atoms with van der Waals surface area (Å²) in [5, 5.41) is 9.40. The van der Waals surface area contributed by atoms with E-state index in [2.05, 4.69) is 13.8 Å². The summed E-state index contributed by atoms with van der Waals surface area (Å²) in [6.07, 6.45) is 0.623. The van der Waals surface area contributed by atoms with E-state index >= 15 is 0 Å². The van der Waals surface area contributed by atoms with E-state index in [1.807, 2.05) is 26.0 Å². The molecule has 21 heavy (non-hydrogen) atoms. The molecule has 2 rings (SSSR count). The van der Waals surface area contributed by atoms with Crippen molar-refractivity contribution in [1.82, 2.24) is 4.90 Å². The third kappa shape index (κ3) is 2.94. The molecule has 1 saturated heterocycles. The highest BCUT2D eigenvalue weighted by molar-refractivity contribution is 8.24. The van der Waals surface area contributed by atoms with Crippen molar-refractivity contribution in [3.05, 3.63) is 29.8 Å². The number of phenols is 1. The topological polar surface area (TPSA) is 40.5 Å². The number of hydrogen-bond acceptors (Lipinski definition) is 4. The molecule has 1 aliphatic heterocycles. The zero-order valence-corrected chi connectivity index (χ0v) is 14.4. The van der Waals surface area contributed by atoms with Crippen LogP contribution in [0.15, 0.2) is 24.3 Å². The molecule has 3 nitrogen and oxygen atoms in total. The lowest BCUT2D eigenvalue weighted by Gasteiger charge is -2.31. The van der Waals surface area contributed by atoms with Gasteiger partial charge in [-0.3, -0.25) is 9.69 Å². The number of benzene rings is 1. The van der Waals surface area contributed by atoms with Gasteiger partial charge in [0, 0.05) is 6.04 Å². The van der Waals surface area contributed by atoms with Crippen molar-refractivity contribution in [1.29, 1.82) is 0 Å². The molecule has 0 bridgehead atoms. The second kappa shape index (κ2) is 5.97. The van der Waals surface area contributed by atoms with E-state index in [-0.39, 0.29) is 23.6 Å². The average Bonchev–Trinajstić information content (AvgIpc) is 2.64. The molecule has 1 fully saturated rings. The van der Waals surface area contributed by atoms with Gasteiger partial charge in [-0.2, -0.15) is 0 Å². The highest BCUT2D eigenvalue weighted by atomic mass is 32.2. The molecule has 1 N–H and O–H groups in total. The molecule has 1 aromatic rings. The van der Waals surface area contributed by atoms with Crippen LogP contribution < -0.4 is 0 Å². The number of carbonyl (C=O) groups excluding carboxylic acids is 1. The van der Waals surface area contributed by atoms with Gasteiger partial charge in [-0.05, 0) is 43.9 Å². The lowest BCUT2D eigenvalue weighted by Crippen LogP contribution is -2.46. The van der Waals surface area contributed by atoms with Gasteiger partial charge in [0.05, 0.1) is 0 Å². The predicted molar refractivity (Wildman–Crippen MR) is 91.6 cm³/mol. The standard InChI is InChI=1S/C16H21NO2S2/c1-10(2)16(9-12-5-7-13(18)8-6-12)14(19)17(11(3)4)15(20)21-16/h5-8,10-11,18H,9H2,1-4H3. The van der Waals surface area contributed by atoms with Crippen LogP contribution in [0.2, 0.25) is 0 Å². The van der Waals surface area contributed by atoms with Crippen molar-refractivity contribution >= 4 is 34.2 Å². The van der Waals surface area contributed by atoms with Gasteiger partial charge in [0.2, 0.25) is 5.91 Å². The van der Waals surface area contributed by atoms with Crippen molar-refractivity contribution in [3.63, 3.8) is 0 Å². The first-order chi connectivity index (χ1) is 9.78. The first kappa shape index (κ1) is 16.3. The number of phenolic OH excluding ortho intramolecular Hbond substituents is 1. The van der Waals surface area contributed by atoms with Gasteiger partial charge in [-0.15, -0.1) is 0 Å². The van der Waals surface area contributed by atoms with Gasteiger partial charge in [0.25, 0.3) is 0 Å². The third-order valence-electron chi connectivity index (χ3n) is 3.90. The van der Waals surface area contributed by atoms with Crippen LogP contribution in [0, 0.1) is 5.92 Å². The van der Waals surface area contributed by atoms with Crippen molar-refractivity contribution in [2.45, 2.75) is 44.9 Å². The number of amides is 1. The van der Waals surface area contributed by atoms with Gasteiger partial charge in [-0.1, -0.05) is 50.0 Å². The summed E-state index contributed by atoms with van der Waals surface area (Å²) in [6, 6.07) is 7.14. The van der Waals surface area contributed by atoms with Crippen LogP contribution in [0.5, 0.6) is 5.75 Å². The normalized spacial score (nSPS) is 22.7. The number of carbonyl (C=O) groups is 1. The minimum Gasteiger partial charge on any atom is -0.508 e. The van der Waals surface area contributed by atoms with Crippen LogP contribution in [0.3, 0.4) is 0 Å². The predicted octanol–water partition coefficient (Wildman–Crippen LogP) is 3.60. The van der Waals surface area contributed by atoms with E-state index in [9.17, 15) is 9.90 Å². The number of hydrogen-bond donors (Lipinski definition) is 1. The van der Waals surface area contributed by atoms with Crippen LogP contribution in [-0.4, -0.2) is 31.0 Å². The molecule has 0 aliphatic carbocycles. The summed E-state index contributed by atoms with van der Waals surface area (Å²) in [5.41, 5.74) is 1.04. The molecule has 0 aromatic heterocycles. The van der Waals surface area contributed by atoms with E-state index in [1.54, 1.807) is 17.0 Å². The summed E-state index contributed by atoms with van der Waals surface area (Å²) in [4.78, 5) is 14.7. The van der Waals surface area contributed by atoms with Crippen LogP contribution in [0.25, 0.3) is 0 Å². The molecule has 0 radical (unpaired) electrons. The van der Waals surface area contributed by atoms with Crippen molar-refractivity contribution in [2.24, 2.45) is 5.92 Å². The summed E-state index contributed by atoms with van der Waals surface area (Å²) >= 11 is 6.94. The Bertz CT molecular complexity index is 554. The third-order valence-corrected chi connectivity index (χ3v) is 5.87. The first-order valence-electron chi connectivity index (χ1n) is 7.12. The summed E-state index contributed by atoms with van der Waals surface area (Å²) in [5.74, 6) is 0.517. The highest BCUT2D eigenvalue weighted by Crippen LogP contribution is 2.46. The van der Waals surface area contributed by atoms with E-state index < -0.39 is 4.75 Å². The Kier molecular flexibility index (Phi) is 4.63. The molecule has 1 atom stereocenters. The average molecular weight is 323 g/mol. The van der Waals surface area contributed by atoms with Gasteiger partial charge >= 0.3 is 0 Å². The number of thioether (sulfide) groups is 1. The Morgan fingerprint density at radius 3 is 2.24 bits per heavy atom. The molecule has 1 heterocycles.